The molecule has 1 aromatic rings. The van der Waals surface area contributed by atoms with Crippen molar-refractivity contribution in [2.75, 3.05) is 32.9 Å². The second kappa shape index (κ2) is 7.22. The Kier molecular flexibility index (Phi) is 5.60. The van der Waals surface area contributed by atoms with Gasteiger partial charge in [0.05, 0.1) is 25.9 Å². The summed E-state index contributed by atoms with van der Waals surface area (Å²) in [6.45, 7) is 3.17. The van der Waals surface area contributed by atoms with Crippen molar-refractivity contribution in [1.82, 2.24) is 4.90 Å². The van der Waals surface area contributed by atoms with Crippen LogP contribution in [0.4, 0.5) is 0 Å². The van der Waals surface area contributed by atoms with Crippen molar-refractivity contribution in [3.8, 4) is 0 Å². The molecule has 1 aliphatic heterocycles. The monoisotopic (exact) mass is 284 g/mol. The quantitative estimate of drug-likeness (QED) is 0.859. The van der Waals surface area contributed by atoms with E-state index in [2.05, 4.69) is 4.90 Å². The summed E-state index contributed by atoms with van der Waals surface area (Å²) in [5, 5.41) is 10.0. The third-order valence-corrected chi connectivity index (χ3v) is 3.80. The second-order valence-electron chi connectivity index (χ2n) is 4.90. The lowest BCUT2D eigenvalue weighted by atomic mass is 10.0. The third-order valence-electron chi connectivity index (χ3n) is 3.56. The van der Waals surface area contributed by atoms with Gasteiger partial charge in [-0.05, 0) is 24.1 Å². The van der Waals surface area contributed by atoms with E-state index in [1.165, 1.54) is 0 Å². The summed E-state index contributed by atoms with van der Waals surface area (Å²) in [7, 11) is 0. The van der Waals surface area contributed by atoms with Crippen LogP contribution in [0.25, 0.3) is 0 Å². The molecule has 19 heavy (non-hydrogen) atoms. The van der Waals surface area contributed by atoms with Crippen LogP contribution < -0.4 is 5.73 Å². The molecule has 0 bridgehead atoms. The highest BCUT2D eigenvalue weighted by molar-refractivity contribution is 6.30. The van der Waals surface area contributed by atoms with E-state index in [1.54, 1.807) is 0 Å². The zero-order chi connectivity index (χ0) is 13.7. The van der Waals surface area contributed by atoms with Gasteiger partial charge in [0.25, 0.3) is 0 Å². The number of nitrogens with two attached hydrogens (primary N) is 1. The molecule has 2 rings (SSSR count). The SMILES string of the molecule is NC(CCN1CCOCC1CO)c1cccc(Cl)c1. The summed E-state index contributed by atoms with van der Waals surface area (Å²) in [5.74, 6) is 0. The molecular weight excluding hydrogens is 264 g/mol. The molecule has 4 nitrogen and oxygen atoms in total. The van der Waals surface area contributed by atoms with E-state index in [1.807, 2.05) is 24.3 Å². The van der Waals surface area contributed by atoms with Gasteiger partial charge in [0, 0.05) is 24.2 Å². The minimum absolute atomic E-state index is 0.0270. The molecule has 2 unspecified atom stereocenters. The van der Waals surface area contributed by atoms with Gasteiger partial charge < -0.3 is 15.6 Å². The fraction of sp³-hybridized carbons (Fsp3) is 0.571. The number of halogens is 1. The molecule has 106 valence electrons. The predicted molar refractivity (Wildman–Crippen MR) is 76.3 cm³/mol. The molecule has 0 radical (unpaired) electrons. The Labute approximate surface area is 119 Å². The van der Waals surface area contributed by atoms with Crippen LogP contribution in [0, 0.1) is 0 Å². The zero-order valence-corrected chi connectivity index (χ0v) is 11.7. The van der Waals surface area contributed by atoms with E-state index >= 15 is 0 Å². The second-order valence-corrected chi connectivity index (χ2v) is 5.33. The Hall–Kier alpha value is -0.650. The summed E-state index contributed by atoms with van der Waals surface area (Å²) >= 11 is 5.97. The molecule has 2 atom stereocenters. The van der Waals surface area contributed by atoms with Crippen molar-refractivity contribution in [3.05, 3.63) is 34.9 Å². The average molecular weight is 285 g/mol. The van der Waals surface area contributed by atoms with Crippen LogP contribution in [0.2, 0.25) is 5.02 Å². The number of hydrogen-bond donors (Lipinski definition) is 2. The van der Waals surface area contributed by atoms with Gasteiger partial charge in [0.15, 0.2) is 0 Å². The molecule has 3 N–H and O–H groups in total. The largest absolute Gasteiger partial charge is 0.395 e. The number of benzene rings is 1. The molecule has 1 fully saturated rings. The van der Waals surface area contributed by atoms with Gasteiger partial charge in [-0.25, -0.2) is 0 Å². The van der Waals surface area contributed by atoms with Gasteiger partial charge >= 0.3 is 0 Å². The van der Waals surface area contributed by atoms with Crippen molar-refractivity contribution in [3.63, 3.8) is 0 Å². The molecule has 0 aromatic heterocycles. The number of ether oxygens (including phenoxy) is 1. The average Bonchev–Trinajstić information content (AvgIpc) is 2.45. The van der Waals surface area contributed by atoms with Gasteiger partial charge in [-0.2, -0.15) is 0 Å². The van der Waals surface area contributed by atoms with Crippen LogP contribution in [0.1, 0.15) is 18.0 Å². The highest BCUT2D eigenvalue weighted by Crippen LogP contribution is 2.19. The van der Waals surface area contributed by atoms with E-state index in [0.717, 1.165) is 31.7 Å². The van der Waals surface area contributed by atoms with Crippen molar-refractivity contribution in [1.29, 1.82) is 0 Å². The lowest BCUT2D eigenvalue weighted by Crippen LogP contribution is -2.48. The fourth-order valence-electron chi connectivity index (χ4n) is 2.36. The Bertz CT molecular complexity index is 403. The Morgan fingerprint density at radius 3 is 3.11 bits per heavy atom. The van der Waals surface area contributed by atoms with Crippen molar-refractivity contribution in [2.45, 2.75) is 18.5 Å². The van der Waals surface area contributed by atoms with Crippen LogP contribution in [0.3, 0.4) is 0 Å². The highest BCUT2D eigenvalue weighted by Gasteiger charge is 2.22. The third kappa shape index (κ3) is 4.16. The summed E-state index contributed by atoms with van der Waals surface area (Å²) in [6.07, 6.45) is 0.844. The molecular formula is C14H21ClN2O2. The lowest BCUT2D eigenvalue weighted by Gasteiger charge is -2.35. The molecule has 5 heteroatoms. The van der Waals surface area contributed by atoms with Gasteiger partial charge in [-0.1, -0.05) is 23.7 Å². The van der Waals surface area contributed by atoms with Crippen LogP contribution in [0.15, 0.2) is 24.3 Å². The first-order valence-electron chi connectivity index (χ1n) is 6.64. The smallest absolute Gasteiger partial charge is 0.0644 e. The first-order chi connectivity index (χ1) is 9.20. The zero-order valence-electron chi connectivity index (χ0n) is 11.0. The summed E-state index contributed by atoms with van der Waals surface area (Å²) < 4.78 is 5.36. The molecule has 1 heterocycles. The minimum atomic E-state index is -0.0270. The highest BCUT2D eigenvalue weighted by atomic mass is 35.5. The standard InChI is InChI=1S/C14H21ClN2O2/c15-12-3-1-2-11(8-12)14(16)4-5-17-6-7-19-10-13(17)9-18/h1-3,8,13-14,18H,4-7,9-10,16H2. The first-order valence-corrected chi connectivity index (χ1v) is 7.02. The van der Waals surface area contributed by atoms with Gasteiger partial charge in [0.1, 0.15) is 0 Å². The Morgan fingerprint density at radius 1 is 1.53 bits per heavy atom. The van der Waals surface area contributed by atoms with Crippen LogP contribution in [-0.4, -0.2) is 49.0 Å². The van der Waals surface area contributed by atoms with Gasteiger partial charge in [-0.15, -0.1) is 0 Å². The first kappa shape index (κ1) is 14.8. The van der Waals surface area contributed by atoms with Crippen molar-refractivity contribution < 1.29 is 9.84 Å². The minimum Gasteiger partial charge on any atom is -0.395 e. The Morgan fingerprint density at radius 2 is 2.37 bits per heavy atom. The topological polar surface area (TPSA) is 58.7 Å². The lowest BCUT2D eigenvalue weighted by molar-refractivity contribution is -0.0282. The molecule has 1 saturated heterocycles. The van der Waals surface area contributed by atoms with Crippen LogP contribution in [0.5, 0.6) is 0 Å². The van der Waals surface area contributed by atoms with Gasteiger partial charge in [-0.3, -0.25) is 4.90 Å². The van der Waals surface area contributed by atoms with Crippen LogP contribution in [-0.2, 0) is 4.74 Å². The maximum absolute atomic E-state index is 9.31. The molecule has 1 aliphatic rings. The number of nitrogens with zero attached hydrogens (tertiary/aromatic N) is 1. The number of morpholine rings is 1. The Balaban J connectivity index is 1.87. The van der Waals surface area contributed by atoms with E-state index in [9.17, 15) is 5.11 Å². The van der Waals surface area contributed by atoms with E-state index < -0.39 is 0 Å². The summed E-state index contributed by atoms with van der Waals surface area (Å²) in [4.78, 5) is 2.24. The summed E-state index contributed by atoms with van der Waals surface area (Å²) in [6, 6.07) is 7.75. The number of rotatable bonds is 5. The van der Waals surface area contributed by atoms with E-state index in [0.29, 0.717) is 11.6 Å². The molecule has 0 spiro atoms. The molecule has 0 aliphatic carbocycles. The van der Waals surface area contributed by atoms with Gasteiger partial charge in [0.2, 0.25) is 0 Å². The number of hydrogen-bond acceptors (Lipinski definition) is 4. The normalized spacial score (nSPS) is 22.4. The predicted octanol–water partition coefficient (Wildman–Crippen LogP) is 1.42. The molecule has 1 aromatic carbocycles. The van der Waals surface area contributed by atoms with E-state index in [-0.39, 0.29) is 18.7 Å². The molecule has 0 amide bonds. The van der Waals surface area contributed by atoms with Crippen LogP contribution >= 0.6 is 11.6 Å². The molecule has 0 saturated carbocycles. The van der Waals surface area contributed by atoms with E-state index in [4.69, 9.17) is 22.1 Å². The number of aliphatic hydroxyl groups is 1. The number of aliphatic hydroxyl groups excluding tert-OH is 1. The maximum atomic E-state index is 9.31. The van der Waals surface area contributed by atoms with Crippen molar-refractivity contribution >= 4 is 11.6 Å². The fourth-order valence-corrected chi connectivity index (χ4v) is 2.56. The maximum Gasteiger partial charge on any atom is 0.0644 e. The van der Waals surface area contributed by atoms with Crippen molar-refractivity contribution in [2.24, 2.45) is 5.73 Å². The summed E-state index contributed by atoms with van der Waals surface area (Å²) in [5.41, 5.74) is 7.25.